The Hall–Kier alpha value is -3.20. The van der Waals surface area contributed by atoms with Crippen molar-refractivity contribution in [2.24, 2.45) is 0 Å². The number of aromatic nitrogens is 3. The highest BCUT2D eigenvalue weighted by Crippen LogP contribution is 2.40. The minimum atomic E-state index is -4.55. The molecule has 0 unspecified atom stereocenters. The van der Waals surface area contributed by atoms with Crippen molar-refractivity contribution in [3.05, 3.63) is 64.8 Å². The number of nitrogens with one attached hydrogen (secondary N) is 2. The van der Waals surface area contributed by atoms with E-state index in [9.17, 15) is 13.2 Å². The van der Waals surface area contributed by atoms with Gasteiger partial charge in [0.15, 0.2) is 0 Å². The molecule has 3 aromatic rings. The summed E-state index contributed by atoms with van der Waals surface area (Å²) >= 11 is 0. The van der Waals surface area contributed by atoms with E-state index in [0.29, 0.717) is 12.0 Å². The van der Waals surface area contributed by atoms with Crippen LogP contribution in [-0.2, 0) is 12.6 Å². The molecule has 1 aliphatic carbocycles. The normalized spacial score (nSPS) is 18.4. The predicted molar refractivity (Wildman–Crippen MR) is 114 cm³/mol. The van der Waals surface area contributed by atoms with Crippen LogP contribution in [0.3, 0.4) is 0 Å². The zero-order valence-corrected chi connectivity index (χ0v) is 17.5. The van der Waals surface area contributed by atoms with E-state index in [1.165, 1.54) is 0 Å². The highest BCUT2D eigenvalue weighted by atomic mass is 19.4. The Bertz CT molecular complexity index is 1180. The summed E-state index contributed by atoms with van der Waals surface area (Å²) < 4.78 is 46.4. The van der Waals surface area contributed by atoms with Crippen LogP contribution in [0.15, 0.2) is 41.3 Å². The fourth-order valence-corrected chi connectivity index (χ4v) is 4.33. The van der Waals surface area contributed by atoms with E-state index in [-0.39, 0.29) is 17.7 Å². The molecule has 3 heterocycles. The second-order valence-corrected chi connectivity index (χ2v) is 8.15. The average molecular weight is 441 g/mol. The molecule has 1 aliphatic heterocycles. The number of allylic oxidation sites excluding steroid dienone is 1. The van der Waals surface area contributed by atoms with Crippen molar-refractivity contribution in [3.63, 3.8) is 0 Å². The molecule has 5 rings (SSSR count). The maximum atomic E-state index is 13.8. The van der Waals surface area contributed by atoms with Crippen molar-refractivity contribution >= 4 is 11.5 Å². The van der Waals surface area contributed by atoms with Crippen molar-refractivity contribution in [1.29, 1.82) is 0 Å². The second-order valence-electron chi connectivity index (χ2n) is 8.15. The summed E-state index contributed by atoms with van der Waals surface area (Å²) in [6.45, 7) is 3.52. The third kappa shape index (κ3) is 3.88. The van der Waals surface area contributed by atoms with Crippen LogP contribution >= 0.6 is 0 Å². The summed E-state index contributed by atoms with van der Waals surface area (Å²) in [5, 5.41) is 10.4. The highest BCUT2D eigenvalue weighted by molar-refractivity contribution is 5.86. The minimum absolute atomic E-state index is 0.0903. The standard InChI is InChI=1S/C23H22F3N5O/c1-13-19(12-32-31-13)15-4-6-17-14(9-15)5-7-18(17)21-20(23(24,25)26)11-28-22(30-21)29-16-3-2-8-27-10-16/h4,6-7,9,11-12,16,27H,2-3,5,8,10H2,1H3,(H,28,29,30)/t16-/m0/s1. The molecule has 2 N–H and O–H groups in total. The number of alkyl halides is 3. The number of hydrogen-bond donors (Lipinski definition) is 2. The van der Waals surface area contributed by atoms with E-state index in [1.54, 1.807) is 12.3 Å². The number of rotatable bonds is 4. The topological polar surface area (TPSA) is 75.9 Å². The highest BCUT2D eigenvalue weighted by Gasteiger charge is 2.37. The Morgan fingerprint density at radius 3 is 2.81 bits per heavy atom. The molecule has 1 saturated heterocycles. The number of halogens is 3. The molecule has 166 valence electrons. The zero-order valence-electron chi connectivity index (χ0n) is 17.5. The lowest BCUT2D eigenvalue weighted by atomic mass is 9.96. The molecule has 0 spiro atoms. The van der Waals surface area contributed by atoms with E-state index < -0.39 is 11.7 Å². The summed E-state index contributed by atoms with van der Waals surface area (Å²) in [6.07, 6.45) is 2.15. The van der Waals surface area contributed by atoms with Gasteiger partial charge in [0.05, 0.1) is 11.4 Å². The Morgan fingerprint density at radius 2 is 2.09 bits per heavy atom. The van der Waals surface area contributed by atoms with Crippen LogP contribution in [0.1, 0.15) is 40.9 Å². The van der Waals surface area contributed by atoms with Gasteiger partial charge < -0.3 is 15.2 Å². The van der Waals surface area contributed by atoms with Crippen molar-refractivity contribution in [3.8, 4) is 11.1 Å². The number of hydrogen-bond acceptors (Lipinski definition) is 6. The van der Waals surface area contributed by atoms with Gasteiger partial charge in [0.25, 0.3) is 0 Å². The van der Waals surface area contributed by atoms with Crippen molar-refractivity contribution in [2.75, 3.05) is 18.4 Å². The van der Waals surface area contributed by atoms with Crippen molar-refractivity contribution in [1.82, 2.24) is 20.4 Å². The van der Waals surface area contributed by atoms with E-state index in [0.717, 1.165) is 60.1 Å². The lowest BCUT2D eigenvalue weighted by molar-refractivity contribution is -0.138. The molecule has 0 radical (unpaired) electrons. The largest absolute Gasteiger partial charge is 0.419 e. The van der Waals surface area contributed by atoms with Gasteiger partial charge in [-0.3, -0.25) is 0 Å². The lowest BCUT2D eigenvalue weighted by Gasteiger charge is -2.24. The molecule has 32 heavy (non-hydrogen) atoms. The molecule has 0 bridgehead atoms. The summed E-state index contributed by atoms with van der Waals surface area (Å²) in [4.78, 5) is 8.31. The van der Waals surface area contributed by atoms with E-state index >= 15 is 0 Å². The number of piperidine rings is 1. The van der Waals surface area contributed by atoms with Crippen LogP contribution in [0.4, 0.5) is 19.1 Å². The Balaban J connectivity index is 1.51. The van der Waals surface area contributed by atoms with Gasteiger partial charge in [-0.1, -0.05) is 29.4 Å². The van der Waals surface area contributed by atoms with Crippen LogP contribution in [-0.4, -0.2) is 34.3 Å². The van der Waals surface area contributed by atoms with Gasteiger partial charge in [-0.15, -0.1) is 0 Å². The second kappa shape index (κ2) is 8.05. The first-order valence-electron chi connectivity index (χ1n) is 10.6. The predicted octanol–water partition coefficient (Wildman–Crippen LogP) is 4.61. The molecular weight excluding hydrogens is 419 g/mol. The molecule has 9 heteroatoms. The fraction of sp³-hybridized carbons (Fsp3) is 0.348. The van der Waals surface area contributed by atoms with Crippen LogP contribution in [0.5, 0.6) is 0 Å². The van der Waals surface area contributed by atoms with Crippen LogP contribution in [0, 0.1) is 6.92 Å². The molecule has 1 aromatic carbocycles. The third-order valence-electron chi connectivity index (χ3n) is 5.96. The smallest absolute Gasteiger partial charge is 0.364 e. The molecule has 0 amide bonds. The van der Waals surface area contributed by atoms with Crippen LogP contribution in [0.2, 0.25) is 0 Å². The molecule has 2 aliphatic rings. The molecule has 2 aromatic heterocycles. The van der Waals surface area contributed by atoms with Gasteiger partial charge in [0, 0.05) is 29.9 Å². The maximum Gasteiger partial charge on any atom is 0.419 e. The maximum absolute atomic E-state index is 13.8. The van der Waals surface area contributed by atoms with Gasteiger partial charge in [-0.2, -0.15) is 13.2 Å². The van der Waals surface area contributed by atoms with E-state index in [4.69, 9.17) is 4.52 Å². The first-order valence-corrected chi connectivity index (χ1v) is 10.6. The number of aryl methyl sites for hydroxylation is 1. The van der Waals surface area contributed by atoms with Gasteiger partial charge in [-0.05, 0) is 49.4 Å². The number of benzene rings is 1. The van der Waals surface area contributed by atoms with E-state index in [2.05, 4.69) is 25.8 Å². The molecule has 1 fully saturated rings. The summed E-state index contributed by atoms with van der Waals surface area (Å²) in [7, 11) is 0. The molecular formula is C23H22F3N5O. The lowest BCUT2D eigenvalue weighted by Crippen LogP contribution is -2.38. The quantitative estimate of drug-likeness (QED) is 0.616. The Labute approximate surface area is 182 Å². The molecule has 1 atom stereocenters. The summed E-state index contributed by atoms with van der Waals surface area (Å²) in [5.74, 6) is 0.216. The fourth-order valence-electron chi connectivity index (χ4n) is 4.33. The summed E-state index contributed by atoms with van der Waals surface area (Å²) in [6, 6.07) is 5.78. The van der Waals surface area contributed by atoms with Gasteiger partial charge >= 0.3 is 6.18 Å². The number of fused-ring (bicyclic) bond motifs is 1. The van der Waals surface area contributed by atoms with Gasteiger partial charge in [0.2, 0.25) is 5.95 Å². The monoisotopic (exact) mass is 441 g/mol. The van der Waals surface area contributed by atoms with Gasteiger partial charge in [-0.25, -0.2) is 9.97 Å². The van der Waals surface area contributed by atoms with E-state index in [1.807, 2.05) is 25.1 Å². The first kappa shape index (κ1) is 20.7. The minimum Gasteiger partial charge on any atom is -0.364 e. The zero-order chi connectivity index (χ0) is 22.3. The van der Waals surface area contributed by atoms with Crippen LogP contribution < -0.4 is 10.6 Å². The third-order valence-corrected chi connectivity index (χ3v) is 5.96. The first-order chi connectivity index (χ1) is 15.4. The van der Waals surface area contributed by atoms with Crippen molar-refractivity contribution < 1.29 is 17.7 Å². The molecule has 0 saturated carbocycles. The van der Waals surface area contributed by atoms with Gasteiger partial charge in [0.1, 0.15) is 11.8 Å². The Kier molecular flexibility index (Phi) is 5.21. The van der Waals surface area contributed by atoms with Crippen molar-refractivity contribution in [2.45, 2.75) is 38.4 Å². The number of nitrogens with zero attached hydrogens (tertiary/aromatic N) is 3. The summed E-state index contributed by atoms with van der Waals surface area (Å²) in [5.41, 5.74) is 3.80. The Morgan fingerprint density at radius 1 is 1.22 bits per heavy atom. The molecule has 6 nitrogen and oxygen atoms in total. The SMILES string of the molecule is Cc1nocc1-c1ccc2c(c1)CC=C2c1nc(N[C@H]2CCCNC2)ncc1C(F)(F)F. The van der Waals surface area contributed by atoms with Crippen LogP contribution in [0.25, 0.3) is 16.7 Å². The number of anilines is 1. The average Bonchev–Trinajstić information content (AvgIpc) is 3.39.